The summed E-state index contributed by atoms with van der Waals surface area (Å²) >= 11 is 0. The SMILES string of the molecule is O=[N+]([O-])c1ccc(O)c(N=Nc2c(-c3ccco3)nc3ccccn23)c1. The van der Waals surface area contributed by atoms with Gasteiger partial charge in [-0.25, -0.2) is 4.98 Å². The largest absolute Gasteiger partial charge is 0.506 e. The third-order valence-corrected chi connectivity index (χ3v) is 3.68. The Labute approximate surface area is 146 Å². The number of phenolic OH excluding ortho intramolecular Hbond substituents is 1. The topological polar surface area (TPSA) is 119 Å². The molecule has 0 radical (unpaired) electrons. The van der Waals surface area contributed by atoms with Gasteiger partial charge in [0, 0.05) is 18.3 Å². The zero-order valence-electron chi connectivity index (χ0n) is 13.2. The standard InChI is InChI=1S/C17H11N5O4/c23-13-7-6-11(22(24)25)10-12(13)19-20-17-16(14-4-3-9-26-14)18-15-5-1-2-8-21(15)17/h1-10,23H. The summed E-state index contributed by atoms with van der Waals surface area (Å²) in [6.45, 7) is 0. The van der Waals surface area contributed by atoms with E-state index < -0.39 is 4.92 Å². The minimum atomic E-state index is -0.568. The van der Waals surface area contributed by atoms with Crippen LogP contribution >= 0.6 is 0 Å². The third-order valence-electron chi connectivity index (χ3n) is 3.68. The summed E-state index contributed by atoms with van der Waals surface area (Å²) in [4.78, 5) is 14.8. The molecule has 0 bridgehead atoms. The molecule has 4 aromatic rings. The molecule has 9 nitrogen and oxygen atoms in total. The molecule has 0 aliphatic rings. The number of furan rings is 1. The predicted molar refractivity (Wildman–Crippen MR) is 91.8 cm³/mol. The highest BCUT2D eigenvalue weighted by atomic mass is 16.6. The molecule has 0 amide bonds. The van der Waals surface area contributed by atoms with E-state index in [-0.39, 0.29) is 17.1 Å². The van der Waals surface area contributed by atoms with Crippen LogP contribution in [0.1, 0.15) is 0 Å². The van der Waals surface area contributed by atoms with E-state index in [1.807, 2.05) is 12.1 Å². The van der Waals surface area contributed by atoms with Crippen molar-refractivity contribution >= 4 is 22.8 Å². The van der Waals surface area contributed by atoms with Gasteiger partial charge in [0.05, 0.1) is 11.2 Å². The summed E-state index contributed by atoms with van der Waals surface area (Å²) < 4.78 is 7.10. The van der Waals surface area contributed by atoms with Gasteiger partial charge in [0.25, 0.3) is 5.69 Å². The lowest BCUT2D eigenvalue weighted by atomic mass is 10.2. The fraction of sp³-hybridized carbons (Fsp3) is 0. The Bertz CT molecular complexity index is 1130. The van der Waals surface area contributed by atoms with E-state index in [1.165, 1.54) is 18.4 Å². The van der Waals surface area contributed by atoms with E-state index in [0.717, 1.165) is 6.07 Å². The molecule has 0 spiro atoms. The number of imidazole rings is 1. The molecular weight excluding hydrogens is 338 g/mol. The van der Waals surface area contributed by atoms with Crippen LogP contribution in [0.4, 0.5) is 17.2 Å². The molecule has 26 heavy (non-hydrogen) atoms. The second-order valence-corrected chi connectivity index (χ2v) is 5.32. The molecule has 0 aliphatic heterocycles. The lowest BCUT2D eigenvalue weighted by Gasteiger charge is -1.99. The van der Waals surface area contributed by atoms with Crippen molar-refractivity contribution in [3.05, 3.63) is 71.1 Å². The minimum absolute atomic E-state index is 0.0181. The first-order valence-electron chi connectivity index (χ1n) is 7.53. The lowest BCUT2D eigenvalue weighted by Crippen LogP contribution is -1.86. The molecule has 1 aromatic carbocycles. The molecule has 0 unspecified atom stereocenters. The summed E-state index contributed by atoms with van der Waals surface area (Å²) in [6.07, 6.45) is 3.28. The summed E-state index contributed by atoms with van der Waals surface area (Å²) in [7, 11) is 0. The highest BCUT2D eigenvalue weighted by Gasteiger charge is 2.16. The van der Waals surface area contributed by atoms with Crippen LogP contribution in [0, 0.1) is 10.1 Å². The molecule has 0 fully saturated rings. The number of rotatable bonds is 4. The van der Waals surface area contributed by atoms with Crippen LogP contribution in [0.3, 0.4) is 0 Å². The van der Waals surface area contributed by atoms with E-state index in [1.54, 1.807) is 28.8 Å². The number of hydrogen-bond acceptors (Lipinski definition) is 7. The van der Waals surface area contributed by atoms with Gasteiger partial charge in [0.1, 0.15) is 17.1 Å². The molecule has 0 atom stereocenters. The van der Waals surface area contributed by atoms with Gasteiger partial charge < -0.3 is 9.52 Å². The molecule has 9 heteroatoms. The quantitative estimate of drug-likeness (QED) is 0.327. The number of azo groups is 1. The van der Waals surface area contributed by atoms with E-state index in [0.29, 0.717) is 22.9 Å². The zero-order valence-corrected chi connectivity index (χ0v) is 13.2. The van der Waals surface area contributed by atoms with Crippen LogP contribution in [-0.4, -0.2) is 19.4 Å². The van der Waals surface area contributed by atoms with Gasteiger partial charge in [-0.05, 0) is 30.3 Å². The molecule has 3 aromatic heterocycles. The summed E-state index contributed by atoms with van der Waals surface area (Å²) in [5.41, 5.74) is 0.891. The Kier molecular flexibility index (Phi) is 3.66. The average Bonchev–Trinajstić information content (AvgIpc) is 3.28. The van der Waals surface area contributed by atoms with Crippen molar-refractivity contribution in [2.45, 2.75) is 0 Å². The maximum absolute atomic E-state index is 10.9. The number of nitro groups is 1. The van der Waals surface area contributed by atoms with Gasteiger partial charge in [-0.2, -0.15) is 0 Å². The van der Waals surface area contributed by atoms with Crippen molar-refractivity contribution < 1.29 is 14.4 Å². The molecule has 1 N–H and O–H groups in total. The minimum Gasteiger partial charge on any atom is -0.506 e. The van der Waals surface area contributed by atoms with Crippen molar-refractivity contribution in [3.63, 3.8) is 0 Å². The smallest absolute Gasteiger partial charge is 0.271 e. The Morgan fingerprint density at radius 3 is 2.81 bits per heavy atom. The van der Waals surface area contributed by atoms with Gasteiger partial charge >= 0.3 is 0 Å². The number of phenols is 1. The van der Waals surface area contributed by atoms with E-state index >= 15 is 0 Å². The normalized spacial score (nSPS) is 11.4. The Morgan fingerprint density at radius 2 is 2.04 bits per heavy atom. The second kappa shape index (κ2) is 6.13. The number of non-ortho nitro benzene ring substituents is 1. The van der Waals surface area contributed by atoms with Crippen LogP contribution in [0.15, 0.2) is 75.6 Å². The van der Waals surface area contributed by atoms with Crippen molar-refractivity contribution in [3.8, 4) is 17.2 Å². The van der Waals surface area contributed by atoms with Crippen LogP contribution in [0.2, 0.25) is 0 Å². The van der Waals surface area contributed by atoms with Crippen LogP contribution in [0.25, 0.3) is 17.1 Å². The van der Waals surface area contributed by atoms with Crippen LogP contribution in [-0.2, 0) is 0 Å². The maximum atomic E-state index is 10.9. The zero-order chi connectivity index (χ0) is 18.1. The van der Waals surface area contributed by atoms with Gasteiger partial charge in [-0.3, -0.25) is 14.5 Å². The fourth-order valence-electron chi connectivity index (χ4n) is 2.46. The summed E-state index contributed by atoms with van der Waals surface area (Å²) in [6, 6.07) is 12.5. The maximum Gasteiger partial charge on any atom is 0.271 e. The van der Waals surface area contributed by atoms with E-state index in [2.05, 4.69) is 15.2 Å². The third kappa shape index (κ3) is 2.67. The number of aromatic hydroxyl groups is 1. The van der Waals surface area contributed by atoms with Crippen LogP contribution in [0.5, 0.6) is 5.75 Å². The Hall–Kier alpha value is -4.01. The first-order chi connectivity index (χ1) is 12.6. The average molecular weight is 349 g/mol. The fourth-order valence-corrected chi connectivity index (χ4v) is 2.46. The molecule has 0 saturated carbocycles. The van der Waals surface area contributed by atoms with Gasteiger partial charge in [-0.15, -0.1) is 10.2 Å². The highest BCUT2D eigenvalue weighted by Crippen LogP contribution is 2.35. The van der Waals surface area contributed by atoms with Crippen molar-refractivity contribution in [1.82, 2.24) is 9.38 Å². The molecule has 0 saturated heterocycles. The Balaban J connectivity index is 1.85. The molecule has 3 heterocycles. The monoisotopic (exact) mass is 349 g/mol. The highest BCUT2D eigenvalue weighted by molar-refractivity contribution is 5.71. The van der Waals surface area contributed by atoms with E-state index in [9.17, 15) is 15.2 Å². The number of nitrogens with zero attached hydrogens (tertiary/aromatic N) is 5. The first kappa shape index (κ1) is 15.5. The van der Waals surface area contributed by atoms with Crippen LogP contribution < -0.4 is 0 Å². The molecule has 4 rings (SSSR count). The predicted octanol–water partition coefficient (Wildman–Crippen LogP) is 4.62. The lowest BCUT2D eigenvalue weighted by molar-refractivity contribution is -0.384. The van der Waals surface area contributed by atoms with Crippen molar-refractivity contribution in [2.75, 3.05) is 0 Å². The van der Waals surface area contributed by atoms with Gasteiger partial charge in [0.2, 0.25) is 0 Å². The van der Waals surface area contributed by atoms with Crippen molar-refractivity contribution in [2.24, 2.45) is 10.2 Å². The summed E-state index contributed by atoms with van der Waals surface area (Å²) in [5.74, 6) is 0.667. The number of nitro benzene ring substituents is 1. The number of aromatic nitrogens is 2. The summed E-state index contributed by atoms with van der Waals surface area (Å²) in [5, 5.41) is 28.9. The number of pyridine rings is 1. The number of benzene rings is 1. The van der Waals surface area contributed by atoms with Gasteiger partial charge in [-0.1, -0.05) is 6.07 Å². The van der Waals surface area contributed by atoms with E-state index in [4.69, 9.17) is 4.42 Å². The molecule has 0 aliphatic carbocycles. The van der Waals surface area contributed by atoms with Crippen molar-refractivity contribution in [1.29, 1.82) is 0 Å². The molecular formula is C17H11N5O4. The second-order valence-electron chi connectivity index (χ2n) is 5.32. The van der Waals surface area contributed by atoms with Gasteiger partial charge in [0.15, 0.2) is 17.3 Å². The first-order valence-corrected chi connectivity index (χ1v) is 7.53. The molecule has 128 valence electrons. The number of fused-ring (bicyclic) bond motifs is 1. The Morgan fingerprint density at radius 1 is 1.15 bits per heavy atom. The number of hydrogen-bond donors (Lipinski definition) is 1.